The smallest absolute Gasteiger partial charge is 0.410 e. The fraction of sp³-hybridized carbons (Fsp3) is 0.308. The Morgan fingerprint density at radius 3 is 2.16 bits per heavy atom. The van der Waals surface area contributed by atoms with E-state index in [-0.39, 0.29) is 30.4 Å². The molecule has 6 heteroatoms. The van der Waals surface area contributed by atoms with Crippen molar-refractivity contribution in [3.05, 3.63) is 94.9 Å². The van der Waals surface area contributed by atoms with E-state index in [2.05, 4.69) is 4.98 Å². The molecule has 1 amide bonds. The summed E-state index contributed by atoms with van der Waals surface area (Å²) in [4.78, 5) is 27.9. The van der Waals surface area contributed by atoms with Crippen molar-refractivity contribution in [2.75, 3.05) is 13.2 Å². The maximum atomic E-state index is 12.3. The minimum absolute atomic E-state index is 0.0778. The van der Waals surface area contributed by atoms with Gasteiger partial charge in [-0.15, -0.1) is 0 Å². The highest BCUT2D eigenvalue weighted by Crippen LogP contribution is 2.28. The third kappa shape index (κ3) is 6.56. The summed E-state index contributed by atoms with van der Waals surface area (Å²) in [6.07, 6.45) is 3.44. The second kappa shape index (κ2) is 11.9. The lowest BCUT2D eigenvalue weighted by Crippen LogP contribution is -2.43. The summed E-state index contributed by atoms with van der Waals surface area (Å²) in [5, 5.41) is 8.90. The average Bonchev–Trinajstić information content (AvgIpc) is 2.84. The maximum absolute atomic E-state index is 12.3. The molecule has 2 atom stereocenters. The molecule has 6 nitrogen and oxygen atoms in total. The van der Waals surface area contributed by atoms with Gasteiger partial charge in [-0.05, 0) is 42.5 Å². The van der Waals surface area contributed by atoms with E-state index in [9.17, 15) is 9.59 Å². The Bertz CT molecular complexity index is 971. The number of cyclic esters (lactones) is 1. The molecule has 3 aromatic rings. The molecule has 1 fully saturated rings. The molecule has 1 aromatic heterocycles. The first-order valence-corrected chi connectivity index (χ1v) is 11.0. The van der Waals surface area contributed by atoms with Crippen molar-refractivity contribution >= 4 is 6.09 Å². The zero-order valence-corrected chi connectivity index (χ0v) is 18.3. The van der Waals surface area contributed by atoms with Crippen molar-refractivity contribution in [2.24, 2.45) is 0 Å². The minimum atomic E-state index is -0.295. The van der Waals surface area contributed by atoms with E-state index in [1.54, 1.807) is 17.2 Å². The molecule has 1 aliphatic rings. The number of hydrogen-bond donors (Lipinski definition) is 2. The fourth-order valence-corrected chi connectivity index (χ4v) is 3.63. The van der Waals surface area contributed by atoms with Crippen molar-refractivity contribution in [3.8, 4) is 11.1 Å². The zero-order valence-electron chi connectivity index (χ0n) is 18.3. The number of aliphatic hydroxyl groups excluding tert-OH is 1. The van der Waals surface area contributed by atoms with Crippen molar-refractivity contribution in [2.45, 2.75) is 38.3 Å². The Hall–Kier alpha value is -3.38. The van der Waals surface area contributed by atoms with Crippen molar-refractivity contribution < 1.29 is 14.6 Å². The fourth-order valence-electron chi connectivity index (χ4n) is 3.63. The van der Waals surface area contributed by atoms with E-state index in [1.165, 1.54) is 6.07 Å². The molecule has 0 radical (unpaired) electrons. The number of hydrogen-bond acceptors (Lipinski definition) is 4. The van der Waals surface area contributed by atoms with E-state index in [4.69, 9.17) is 9.84 Å². The number of aliphatic hydroxyl groups is 1. The molecule has 0 bridgehead atoms. The Morgan fingerprint density at radius 1 is 1.00 bits per heavy atom. The number of nitrogens with zero attached hydrogens (tertiary/aromatic N) is 1. The second-order valence-corrected chi connectivity index (χ2v) is 7.75. The summed E-state index contributed by atoms with van der Waals surface area (Å²) in [5.41, 5.74) is 2.85. The number of pyridine rings is 1. The lowest BCUT2D eigenvalue weighted by atomic mass is 10.0. The number of amides is 1. The van der Waals surface area contributed by atoms with E-state index < -0.39 is 0 Å². The van der Waals surface area contributed by atoms with Gasteiger partial charge in [0, 0.05) is 31.8 Å². The van der Waals surface area contributed by atoms with Gasteiger partial charge in [0.05, 0.1) is 6.04 Å². The molecule has 0 aliphatic carbocycles. The summed E-state index contributed by atoms with van der Waals surface area (Å²) in [6, 6.07) is 23.2. The number of carbonyl (C=O) groups is 1. The van der Waals surface area contributed by atoms with Gasteiger partial charge in [-0.3, -0.25) is 4.79 Å². The van der Waals surface area contributed by atoms with Gasteiger partial charge in [-0.1, -0.05) is 60.7 Å². The van der Waals surface area contributed by atoms with Crippen LogP contribution in [0.4, 0.5) is 4.79 Å². The molecule has 4 rings (SSSR count). The number of aromatic nitrogens is 1. The molecule has 2 N–H and O–H groups in total. The Morgan fingerprint density at radius 2 is 1.62 bits per heavy atom. The van der Waals surface area contributed by atoms with Crippen LogP contribution in [0.1, 0.15) is 37.8 Å². The van der Waals surface area contributed by atoms with Gasteiger partial charge in [0.1, 0.15) is 6.10 Å². The third-order valence-electron chi connectivity index (χ3n) is 5.52. The first-order valence-electron chi connectivity index (χ1n) is 11.0. The molecular weight excluding hydrogens is 404 g/mol. The number of ether oxygens (including phenoxy) is 1. The van der Waals surface area contributed by atoms with Gasteiger partial charge in [-0.25, -0.2) is 4.79 Å². The molecule has 2 unspecified atom stereocenters. The lowest BCUT2D eigenvalue weighted by molar-refractivity contribution is 0.00760. The zero-order chi connectivity index (χ0) is 22.8. The van der Waals surface area contributed by atoms with Gasteiger partial charge in [0.15, 0.2) is 0 Å². The Kier molecular flexibility index (Phi) is 8.63. The highest BCUT2D eigenvalue weighted by atomic mass is 16.6. The first kappa shape index (κ1) is 23.3. The predicted molar refractivity (Wildman–Crippen MR) is 125 cm³/mol. The molecule has 2 heterocycles. The van der Waals surface area contributed by atoms with Crippen LogP contribution in [-0.2, 0) is 4.74 Å². The van der Waals surface area contributed by atoms with Crippen molar-refractivity contribution in [1.29, 1.82) is 0 Å². The van der Waals surface area contributed by atoms with Crippen LogP contribution in [0.15, 0.2) is 83.8 Å². The van der Waals surface area contributed by atoms with E-state index >= 15 is 0 Å². The van der Waals surface area contributed by atoms with Gasteiger partial charge in [-0.2, -0.15) is 0 Å². The third-order valence-corrected chi connectivity index (χ3v) is 5.52. The van der Waals surface area contributed by atoms with Crippen molar-refractivity contribution in [3.63, 3.8) is 0 Å². The molecule has 0 saturated carbocycles. The molecule has 2 aromatic carbocycles. The Labute approximate surface area is 188 Å². The summed E-state index contributed by atoms with van der Waals surface area (Å²) in [7, 11) is 0. The molecule has 1 saturated heterocycles. The summed E-state index contributed by atoms with van der Waals surface area (Å²) < 4.78 is 5.49. The monoisotopic (exact) mass is 434 g/mol. The van der Waals surface area contributed by atoms with Crippen LogP contribution in [0.5, 0.6) is 0 Å². The lowest BCUT2D eigenvalue weighted by Gasteiger charge is -2.35. The van der Waals surface area contributed by atoms with E-state index in [1.807, 2.05) is 67.6 Å². The van der Waals surface area contributed by atoms with Gasteiger partial charge in [0.2, 0.25) is 5.56 Å². The van der Waals surface area contributed by atoms with Crippen LogP contribution in [0.2, 0.25) is 0 Å². The van der Waals surface area contributed by atoms with Crippen LogP contribution >= 0.6 is 0 Å². The summed E-state index contributed by atoms with van der Waals surface area (Å²) in [6.45, 7) is 2.76. The van der Waals surface area contributed by atoms with Crippen LogP contribution in [0.25, 0.3) is 11.1 Å². The van der Waals surface area contributed by atoms with Crippen LogP contribution in [0.3, 0.4) is 0 Å². The molecule has 168 valence electrons. The first-order chi connectivity index (χ1) is 15.6. The molecule has 0 spiro atoms. The largest absolute Gasteiger partial charge is 0.446 e. The quantitative estimate of drug-likeness (QED) is 0.585. The van der Waals surface area contributed by atoms with E-state index in [0.29, 0.717) is 19.4 Å². The highest BCUT2D eigenvalue weighted by Gasteiger charge is 2.30. The summed E-state index contributed by atoms with van der Waals surface area (Å²) >= 11 is 0. The topological polar surface area (TPSA) is 82.6 Å². The van der Waals surface area contributed by atoms with Gasteiger partial charge >= 0.3 is 6.09 Å². The van der Waals surface area contributed by atoms with Crippen LogP contribution in [-0.4, -0.2) is 40.3 Å². The predicted octanol–water partition coefficient (Wildman–Crippen LogP) is 4.77. The van der Waals surface area contributed by atoms with Crippen LogP contribution in [0, 0.1) is 0 Å². The van der Waals surface area contributed by atoms with Crippen LogP contribution < -0.4 is 5.56 Å². The normalized spacial score (nSPS) is 16.5. The SMILES string of the molecule is CC(c1ccc(-c2ccc(=O)[nH]c2)cc1)N1CCC(CCCO)OC1=O.c1ccccc1. The van der Waals surface area contributed by atoms with Crippen molar-refractivity contribution in [1.82, 2.24) is 9.88 Å². The number of carbonyl (C=O) groups excluding carboxylic acids is 1. The minimum Gasteiger partial charge on any atom is -0.446 e. The molecule has 1 aliphatic heterocycles. The second-order valence-electron chi connectivity index (χ2n) is 7.75. The number of rotatable bonds is 6. The number of H-pyrrole nitrogens is 1. The number of aromatic amines is 1. The maximum Gasteiger partial charge on any atom is 0.410 e. The van der Waals surface area contributed by atoms with E-state index in [0.717, 1.165) is 23.1 Å². The number of benzene rings is 2. The van der Waals surface area contributed by atoms with Gasteiger partial charge in [0.25, 0.3) is 0 Å². The Balaban J connectivity index is 0.000000416. The average molecular weight is 435 g/mol. The molecule has 32 heavy (non-hydrogen) atoms. The molecular formula is C26H30N2O4. The number of nitrogens with one attached hydrogen (secondary N) is 1. The highest BCUT2D eigenvalue weighted by molar-refractivity contribution is 5.69. The standard InChI is InChI=1S/C20H24N2O4.C6H6/c1-14(22-11-10-18(3-2-12-23)26-20(22)25)15-4-6-16(7-5-15)17-8-9-19(24)21-13-17;1-2-4-6-5-3-1/h4-9,13-14,18,23H,2-3,10-12H2,1H3,(H,21,24);1-6H. The summed E-state index contributed by atoms with van der Waals surface area (Å²) in [5.74, 6) is 0. The van der Waals surface area contributed by atoms with Gasteiger partial charge < -0.3 is 19.7 Å².